The molecule has 0 spiro atoms. The van der Waals surface area contributed by atoms with E-state index in [4.69, 9.17) is 11.6 Å². The van der Waals surface area contributed by atoms with Crippen LogP contribution >= 0.6 is 11.6 Å². The van der Waals surface area contributed by atoms with Crippen LogP contribution in [-0.2, 0) is 4.79 Å². The van der Waals surface area contributed by atoms with Crippen molar-refractivity contribution in [2.45, 2.75) is 18.9 Å². The highest BCUT2D eigenvalue weighted by Gasteiger charge is 2.28. The van der Waals surface area contributed by atoms with Crippen molar-refractivity contribution < 1.29 is 4.79 Å². The maximum atomic E-state index is 11.1. The molecule has 3 rings (SSSR count). The molecule has 0 saturated carbocycles. The van der Waals surface area contributed by atoms with E-state index in [1.807, 2.05) is 34.0 Å². The van der Waals surface area contributed by atoms with Crippen LogP contribution in [0.1, 0.15) is 12.8 Å². The van der Waals surface area contributed by atoms with Crippen LogP contribution < -0.4 is 4.90 Å². The molecule has 0 aliphatic carbocycles. The van der Waals surface area contributed by atoms with E-state index in [0.29, 0.717) is 11.0 Å². The molecule has 6 heteroatoms. The highest BCUT2D eigenvalue weighted by molar-refractivity contribution is 6.31. The highest BCUT2D eigenvalue weighted by atomic mass is 35.5. The summed E-state index contributed by atoms with van der Waals surface area (Å²) in [7, 11) is 0. The van der Waals surface area contributed by atoms with Crippen molar-refractivity contribution in [2.24, 2.45) is 0 Å². The zero-order chi connectivity index (χ0) is 13.2. The summed E-state index contributed by atoms with van der Waals surface area (Å²) in [6.07, 6.45) is 8.03. The van der Waals surface area contributed by atoms with E-state index in [0.717, 1.165) is 31.4 Å². The average molecular weight is 277 g/mol. The summed E-state index contributed by atoms with van der Waals surface area (Å²) in [5.41, 5.74) is 0.725. The van der Waals surface area contributed by atoms with Gasteiger partial charge in [0.05, 0.1) is 6.04 Å². The number of carbonyl (C=O) groups excluding carboxylic acids is 1. The lowest BCUT2D eigenvalue weighted by molar-refractivity contribution is -0.108. The molecule has 2 aromatic heterocycles. The summed E-state index contributed by atoms with van der Waals surface area (Å²) in [5.74, 6) is 0.714. The van der Waals surface area contributed by atoms with Crippen molar-refractivity contribution in [3.63, 3.8) is 0 Å². The van der Waals surface area contributed by atoms with Crippen molar-refractivity contribution in [1.29, 1.82) is 0 Å². The van der Waals surface area contributed by atoms with Gasteiger partial charge in [0.1, 0.15) is 18.3 Å². The fourth-order valence-electron chi connectivity index (χ4n) is 2.46. The topological polar surface area (TPSA) is 51.0 Å². The van der Waals surface area contributed by atoms with Gasteiger partial charge in [-0.15, -0.1) is 0 Å². The lowest BCUT2D eigenvalue weighted by atomic mass is 10.2. The van der Waals surface area contributed by atoms with Gasteiger partial charge in [-0.3, -0.25) is 0 Å². The minimum Gasteiger partial charge on any atom is -0.345 e. The molecule has 3 heterocycles. The average Bonchev–Trinajstić information content (AvgIpc) is 3.09. The van der Waals surface area contributed by atoms with Crippen molar-refractivity contribution in [3.05, 3.63) is 36.0 Å². The Balaban J connectivity index is 2.11. The second-order valence-corrected chi connectivity index (χ2v) is 4.82. The second-order valence-electron chi connectivity index (χ2n) is 4.47. The largest absolute Gasteiger partial charge is 0.345 e. The standard InChI is InChI=1S/C13H13ClN4O/c14-12-11(17-5-1-2-6-17)13(16-9-15-12)18-7-3-4-10(18)8-19/h1-2,5-6,8-10H,3-4,7H2/t10-/m0/s1. The summed E-state index contributed by atoms with van der Waals surface area (Å²) < 4.78 is 1.87. The summed E-state index contributed by atoms with van der Waals surface area (Å²) >= 11 is 6.20. The Morgan fingerprint density at radius 2 is 2.11 bits per heavy atom. The van der Waals surface area contributed by atoms with Gasteiger partial charge in [0, 0.05) is 18.9 Å². The maximum absolute atomic E-state index is 11.1. The fraction of sp³-hybridized carbons (Fsp3) is 0.308. The van der Waals surface area contributed by atoms with Gasteiger partial charge in [-0.1, -0.05) is 11.6 Å². The third-order valence-electron chi connectivity index (χ3n) is 3.35. The zero-order valence-corrected chi connectivity index (χ0v) is 11.0. The molecule has 0 aromatic carbocycles. The molecule has 0 unspecified atom stereocenters. The van der Waals surface area contributed by atoms with Crippen molar-refractivity contribution >= 4 is 23.7 Å². The number of halogens is 1. The van der Waals surface area contributed by atoms with E-state index < -0.39 is 0 Å². The van der Waals surface area contributed by atoms with Gasteiger partial charge in [0.25, 0.3) is 0 Å². The Labute approximate surface area is 115 Å². The van der Waals surface area contributed by atoms with E-state index in [-0.39, 0.29) is 6.04 Å². The van der Waals surface area contributed by atoms with E-state index in [9.17, 15) is 4.79 Å². The van der Waals surface area contributed by atoms with E-state index in [1.165, 1.54) is 6.33 Å². The third-order valence-corrected chi connectivity index (χ3v) is 3.63. The molecule has 0 bridgehead atoms. The summed E-state index contributed by atoms with van der Waals surface area (Å²) in [6, 6.07) is 3.70. The molecule has 19 heavy (non-hydrogen) atoms. The number of rotatable bonds is 3. The summed E-state index contributed by atoms with van der Waals surface area (Å²) in [4.78, 5) is 21.5. The molecule has 0 radical (unpaired) electrons. The first-order valence-electron chi connectivity index (χ1n) is 6.17. The monoisotopic (exact) mass is 276 g/mol. The lowest BCUT2D eigenvalue weighted by Gasteiger charge is -2.24. The minimum absolute atomic E-state index is 0.125. The van der Waals surface area contributed by atoms with Crippen LogP contribution in [-0.4, -0.2) is 33.4 Å². The number of aromatic nitrogens is 3. The van der Waals surface area contributed by atoms with E-state index in [2.05, 4.69) is 9.97 Å². The van der Waals surface area contributed by atoms with Crippen molar-refractivity contribution in [3.8, 4) is 5.69 Å². The Bertz CT molecular complexity index is 584. The van der Waals surface area contributed by atoms with Crippen LogP contribution in [0.4, 0.5) is 5.82 Å². The molecule has 1 fully saturated rings. The number of hydrogen-bond acceptors (Lipinski definition) is 4. The predicted molar refractivity (Wildman–Crippen MR) is 72.8 cm³/mol. The molecule has 98 valence electrons. The van der Waals surface area contributed by atoms with Crippen molar-refractivity contribution in [2.75, 3.05) is 11.4 Å². The smallest absolute Gasteiger partial charge is 0.158 e. The van der Waals surface area contributed by atoms with Crippen LogP contribution in [0.3, 0.4) is 0 Å². The van der Waals surface area contributed by atoms with Crippen LogP contribution in [0.5, 0.6) is 0 Å². The second kappa shape index (κ2) is 5.01. The molecule has 2 aromatic rings. The fourth-order valence-corrected chi connectivity index (χ4v) is 2.69. The molecule has 5 nitrogen and oxygen atoms in total. The van der Waals surface area contributed by atoms with Gasteiger partial charge in [-0.05, 0) is 25.0 Å². The lowest BCUT2D eigenvalue weighted by Crippen LogP contribution is -2.32. The van der Waals surface area contributed by atoms with Gasteiger partial charge in [0.15, 0.2) is 11.0 Å². The van der Waals surface area contributed by atoms with Gasteiger partial charge >= 0.3 is 0 Å². The first-order chi connectivity index (χ1) is 9.31. The summed E-state index contributed by atoms with van der Waals surface area (Å²) in [6.45, 7) is 0.811. The van der Waals surface area contributed by atoms with E-state index >= 15 is 0 Å². The van der Waals surface area contributed by atoms with Gasteiger partial charge in [-0.25, -0.2) is 9.97 Å². The maximum Gasteiger partial charge on any atom is 0.158 e. The quantitative estimate of drug-likeness (QED) is 0.636. The van der Waals surface area contributed by atoms with E-state index in [1.54, 1.807) is 0 Å². The predicted octanol–water partition coefficient (Wildman–Crippen LogP) is 2.09. The molecule has 1 atom stereocenters. The Morgan fingerprint density at radius 3 is 2.84 bits per heavy atom. The Morgan fingerprint density at radius 1 is 1.32 bits per heavy atom. The number of aldehydes is 1. The summed E-state index contributed by atoms with van der Waals surface area (Å²) in [5, 5.41) is 0.387. The van der Waals surface area contributed by atoms with Crippen molar-refractivity contribution in [1.82, 2.24) is 14.5 Å². The number of carbonyl (C=O) groups is 1. The first-order valence-corrected chi connectivity index (χ1v) is 6.55. The highest BCUT2D eigenvalue weighted by Crippen LogP contribution is 2.31. The molecule has 1 saturated heterocycles. The van der Waals surface area contributed by atoms with Crippen LogP contribution in [0.25, 0.3) is 5.69 Å². The zero-order valence-electron chi connectivity index (χ0n) is 10.2. The molecule has 1 aliphatic rings. The molecular weight excluding hydrogens is 264 g/mol. The number of hydrogen-bond donors (Lipinski definition) is 0. The van der Waals surface area contributed by atoms with Crippen LogP contribution in [0.2, 0.25) is 5.15 Å². The van der Waals surface area contributed by atoms with Gasteiger partial charge in [-0.2, -0.15) is 0 Å². The van der Waals surface area contributed by atoms with Crippen LogP contribution in [0.15, 0.2) is 30.9 Å². The Kier molecular flexibility index (Phi) is 3.21. The molecule has 1 aliphatic heterocycles. The molecule has 0 amide bonds. The molecular formula is C13H13ClN4O. The van der Waals surface area contributed by atoms with Gasteiger partial charge in [0.2, 0.25) is 0 Å². The minimum atomic E-state index is -0.125. The first kappa shape index (κ1) is 12.2. The molecule has 0 N–H and O–H groups in total. The number of nitrogens with zero attached hydrogens (tertiary/aromatic N) is 4. The SMILES string of the molecule is O=C[C@@H]1CCCN1c1ncnc(Cl)c1-n1cccc1. The number of anilines is 1. The van der Waals surface area contributed by atoms with Gasteiger partial charge < -0.3 is 14.3 Å². The van der Waals surface area contributed by atoms with Crippen LogP contribution in [0, 0.1) is 0 Å². The Hall–Kier alpha value is -1.88. The third kappa shape index (κ3) is 2.10. The normalized spacial score (nSPS) is 18.8.